The Morgan fingerprint density at radius 2 is 1.61 bits per heavy atom. The van der Waals surface area contributed by atoms with E-state index in [1.807, 2.05) is 12.1 Å². The molecule has 0 aliphatic rings. The van der Waals surface area contributed by atoms with Crippen LogP contribution in [0.4, 0.5) is 11.4 Å². The number of rotatable bonds is 6. The van der Waals surface area contributed by atoms with E-state index >= 15 is 0 Å². The van der Waals surface area contributed by atoms with E-state index in [0.717, 1.165) is 5.56 Å². The molecule has 0 fully saturated rings. The second-order valence-electron chi connectivity index (χ2n) is 6.97. The van der Waals surface area contributed by atoms with Crippen molar-refractivity contribution in [1.29, 1.82) is 0 Å². The van der Waals surface area contributed by atoms with E-state index in [4.69, 9.17) is 32.4 Å². The van der Waals surface area contributed by atoms with Crippen LogP contribution in [-0.2, 0) is 0 Å². The molecular weight excluding hydrogens is 463 g/mol. The molecule has 166 valence electrons. The Bertz CT molecular complexity index is 1320. The minimum Gasteiger partial charge on any atom is -0.494 e. The molecule has 4 rings (SSSR count). The minimum absolute atomic E-state index is 0.148. The Balaban J connectivity index is 1.48. The number of furan rings is 1. The molecule has 0 unspecified atom stereocenters. The van der Waals surface area contributed by atoms with Gasteiger partial charge in [0, 0.05) is 22.3 Å². The number of nitrogens with one attached hydrogen (secondary N) is 2. The number of hydrogen-bond donors (Lipinski definition) is 2. The summed E-state index contributed by atoms with van der Waals surface area (Å²) in [5.74, 6) is 0.266. The summed E-state index contributed by atoms with van der Waals surface area (Å²) in [6.45, 7) is 0. The SMILES string of the molecule is COc1cc(NC(=O)c2ccc(-c3ccc(Cl)cc3)o2)ccc1NC(=O)c1ccccc1Cl. The van der Waals surface area contributed by atoms with Gasteiger partial charge in [0.05, 0.1) is 23.4 Å². The van der Waals surface area contributed by atoms with Crippen LogP contribution in [0.3, 0.4) is 0 Å². The van der Waals surface area contributed by atoms with E-state index in [-0.39, 0.29) is 11.7 Å². The highest BCUT2D eigenvalue weighted by Gasteiger charge is 2.16. The zero-order valence-corrected chi connectivity index (χ0v) is 18.9. The molecule has 0 aliphatic heterocycles. The number of benzene rings is 3. The van der Waals surface area contributed by atoms with Gasteiger partial charge in [0.2, 0.25) is 0 Å². The molecule has 0 atom stereocenters. The zero-order chi connectivity index (χ0) is 23.4. The lowest BCUT2D eigenvalue weighted by Crippen LogP contribution is -2.14. The number of anilines is 2. The Kier molecular flexibility index (Phi) is 6.68. The maximum absolute atomic E-state index is 12.6. The highest BCUT2D eigenvalue weighted by Crippen LogP contribution is 2.30. The standard InChI is InChI=1S/C25H18Cl2N2O4/c1-32-23-14-17(10-11-20(23)29-24(30)18-4-2-3-5-19(18)27)28-25(31)22-13-12-21(33-22)15-6-8-16(26)9-7-15/h2-14H,1H3,(H,28,31)(H,29,30). The monoisotopic (exact) mass is 480 g/mol. The van der Waals surface area contributed by atoms with E-state index in [0.29, 0.717) is 38.5 Å². The molecule has 0 saturated heterocycles. The third-order valence-electron chi connectivity index (χ3n) is 4.78. The lowest BCUT2D eigenvalue weighted by molar-refractivity contribution is 0.0995. The van der Waals surface area contributed by atoms with Gasteiger partial charge in [0.25, 0.3) is 11.8 Å². The molecule has 0 radical (unpaired) electrons. The number of carbonyl (C=O) groups excluding carboxylic acids is 2. The Hall–Kier alpha value is -3.74. The highest BCUT2D eigenvalue weighted by molar-refractivity contribution is 6.34. The molecule has 4 aromatic rings. The van der Waals surface area contributed by atoms with Crippen molar-refractivity contribution in [2.45, 2.75) is 0 Å². The van der Waals surface area contributed by atoms with Crippen molar-refractivity contribution in [2.75, 3.05) is 17.7 Å². The van der Waals surface area contributed by atoms with Crippen LogP contribution >= 0.6 is 23.2 Å². The predicted molar refractivity (Wildman–Crippen MR) is 130 cm³/mol. The summed E-state index contributed by atoms with van der Waals surface area (Å²) in [5.41, 5.74) is 2.05. The van der Waals surface area contributed by atoms with Gasteiger partial charge in [-0.25, -0.2) is 0 Å². The molecule has 8 heteroatoms. The van der Waals surface area contributed by atoms with Crippen molar-refractivity contribution in [3.05, 3.63) is 100 Å². The van der Waals surface area contributed by atoms with Crippen LogP contribution < -0.4 is 15.4 Å². The number of halogens is 2. The summed E-state index contributed by atoms with van der Waals surface area (Å²) in [6.07, 6.45) is 0. The molecule has 0 spiro atoms. The first-order valence-electron chi connectivity index (χ1n) is 9.85. The van der Waals surface area contributed by atoms with Crippen molar-refractivity contribution < 1.29 is 18.7 Å². The summed E-state index contributed by atoms with van der Waals surface area (Å²) < 4.78 is 11.1. The van der Waals surface area contributed by atoms with Crippen LogP contribution in [0.2, 0.25) is 10.0 Å². The summed E-state index contributed by atoms with van der Waals surface area (Å²) >= 11 is 12.0. The maximum atomic E-state index is 12.6. The topological polar surface area (TPSA) is 80.6 Å². The number of ether oxygens (including phenoxy) is 1. The normalized spacial score (nSPS) is 10.5. The second-order valence-corrected chi connectivity index (χ2v) is 7.82. The van der Waals surface area contributed by atoms with Crippen molar-refractivity contribution in [3.63, 3.8) is 0 Å². The Labute approximate surface area is 200 Å². The minimum atomic E-state index is -0.426. The number of methoxy groups -OCH3 is 1. The summed E-state index contributed by atoms with van der Waals surface area (Å²) in [6, 6.07) is 22.0. The Morgan fingerprint density at radius 1 is 0.848 bits per heavy atom. The third-order valence-corrected chi connectivity index (χ3v) is 5.37. The fourth-order valence-corrected chi connectivity index (χ4v) is 3.48. The van der Waals surface area contributed by atoms with Gasteiger partial charge in [0.1, 0.15) is 11.5 Å². The van der Waals surface area contributed by atoms with Gasteiger partial charge in [0.15, 0.2) is 5.76 Å². The average Bonchev–Trinajstić information content (AvgIpc) is 3.31. The first-order chi connectivity index (χ1) is 15.9. The van der Waals surface area contributed by atoms with Gasteiger partial charge in [-0.15, -0.1) is 0 Å². The molecule has 0 saturated carbocycles. The maximum Gasteiger partial charge on any atom is 0.291 e. The van der Waals surface area contributed by atoms with Crippen molar-refractivity contribution in [1.82, 2.24) is 0 Å². The molecule has 0 bridgehead atoms. The number of amides is 2. The molecular formula is C25H18Cl2N2O4. The largest absolute Gasteiger partial charge is 0.494 e. The fraction of sp³-hybridized carbons (Fsp3) is 0.0400. The molecule has 2 N–H and O–H groups in total. The highest BCUT2D eigenvalue weighted by atomic mass is 35.5. The average molecular weight is 481 g/mol. The quantitative estimate of drug-likeness (QED) is 0.319. The van der Waals surface area contributed by atoms with Gasteiger partial charge in [-0.1, -0.05) is 35.3 Å². The van der Waals surface area contributed by atoms with Crippen LogP contribution in [0.1, 0.15) is 20.9 Å². The van der Waals surface area contributed by atoms with Gasteiger partial charge in [-0.05, 0) is 60.7 Å². The van der Waals surface area contributed by atoms with Crippen molar-refractivity contribution in [3.8, 4) is 17.1 Å². The number of hydrogen-bond acceptors (Lipinski definition) is 4. The molecule has 1 heterocycles. The Morgan fingerprint density at radius 3 is 2.33 bits per heavy atom. The van der Waals surface area contributed by atoms with E-state index in [1.165, 1.54) is 7.11 Å². The van der Waals surface area contributed by atoms with E-state index in [1.54, 1.807) is 66.7 Å². The third kappa shape index (κ3) is 5.19. The first kappa shape index (κ1) is 22.5. The summed E-state index contributed by atoms with van der Waals surface area (Å²) in [5, 5.41) is 6.48. The molecule has 33 heavy (non-hydrogen) atoms. The molecule has 0 aliphatic carbocycles. The van der Waals surface area contributed by atoms with Crippen LogP contribution in [0.15, 0.2) is 83.3 Å². The molecule has 1 aromatic heterocycles. The van der Waals surface area contributed by atoms with Crippen LogP contribution in [0, 0.1) is 0 Å². The van der Waals surface area contributed by atoms with Crippen LogP contribution in [0.5, 0.6) is 5.75 Å². The second kappa shape index (κ2) is 9.81. The van der Waals surface area contributed by atoms with E-state index in [2.05, 4.69) is 10.6 Å². The zero-order valence-electron chi connectivity index (χ0n) is 17.4. The van der Waals surface area contributed by atoms with Crippen LogP contribution in [-0.4, -0.2) is 18.9 Å². The van der Waals surface area contributed by atoms with Gasteiger partial charge in [-0.2, -0.15) is 0 Å². The first-order valence-corrected chi connectivity index (χ1v) is 10.6. The fourth-order valence-electron chi connectivity index (χ4n) is 3.13. The number of carbonyl (C=O) groups is 2. The predicted octanol–water partition coefficient (Wildman–Crippen LogP) is 6.77. The van der Waals surface area contributed by atoms with E-state index in [9.17, 15) is 9.59 Å². The van der Waals surface area contributed by atoms with Crippen molar-refractivity contribution in [2.24, 2.45) is 0 Å². The summed E-state index contributed by atoms with van der Waals surface area (Å²) in [4.78, 5) is 25.2. The van der Waals surface area contributed by atoms with Gasteiger partial charge in [-0.3, -0.25) is 9.59 Å². The summed E-state index contributed by atoms with van der Waals surface area (Å²) in [7, 11) is 1.47. The lowest BCUT2D eigenvalue weighted by atomic mass is 10.2. The molecule has 3 aromatic carbocycles. The lowest BCUT2D eigenvalue weighted by Gasteiger charge is -2.13. The van der Waals surface area contributed by atoms with Gasteiger partial charge < -0.3 is 19.8 Å². The van der Waals surface area contributed by atoms with Crippen LogP contribution in [0.25, 0.3) is 11.3 Å². The smallest absolute Gasteiger partial charge is 0.291 e. The molecule has 6 nitrogen and oxygen atoms in total. The van der Waals surface area contributed by atoms with E-state index < -0.39 is 5.91 Å². The van der Waals surface area contributed by atoms with Gasteiger partial charge >= 0.3 is 0 Å². The molecule has 2 amide bonds. The van der Waals surface area contributed by atoms with Crippen molar-refractivity contribution >= 4 is 46.4 Å².